The molecule has 0 radical (unpaired) electrons. The SMILES string of the molecule is COc1ccccc1CC(=O)N=C1S[C@@H]2CS(=O)(=O)C[C@@H]2N1CCc1ccc(F)cc1. The molecule has 164 valence electrons. The van der Waals surface area contributed by atoms with Crippen molar-refractivity contribution in [3.8, 4) is 5.75 Å². The van der Waals surface area contributed by atoms with Crippen molar-refractivity contribution >= 4 is 32.7 Å². The lowest BCUT2D eigenvalue weighted by molar-refractivity contribution is -0.117. The summed E-state index contributed by atoms with van der Waals surface area (Å²) < 4.78 is 42.8. The van der Waals surface area contributed by atoms with E-state index >= 15 is 0 Å². The van der Waals surface area contributed by atoms with Gasteiger partial charge in [0.15, 0.2) is 15.0 Å². The van der Waals surface area contributed by atoms with Gasteiger partial charge in [-0.1, -0.05) is 42.1 Å². The van der Waals surface area contributed by atoms with Gasteiger partial charge in [0.1, 0.15) is 11.6 Å². The summed E-state index contributed by atoms with van der Waals surface area (Å²) in [6.07, 6.45) is 0.706. The van der Waals surface area contributed by atoms with Crippen LogP contribution in [0.4, 0.5) is 4.39 Å². The van der Waals surface area contributed by atoms with Gasteiger partial charge >= 0.3 is 0 Å². The van der Waals surface area contributed by atoms with Crippen LogP contribution in [0.5, 0.6) is 5.75 Å². The van der Waals surface area contributed by atoms with Crippen LogP contribution in [-0.4, -0.2) is 60.8 Å². The number of rotatable bonds is 6. The second kappa shape index (κ2) is 9.00. The number of halogens is 1. The van der Waals surface area contributed by atoms with Crippen molar-refractivity contribution in [1.82, 2.24) is 4.90 Å². The predicted octanol–water partition coefficient (Wildman–Crippen LogP) is 2.72. The van der Waals surface area contributed by atoms with E-state index in [1.807, 2.05) is 23.1 Å². The first-order valence-electron chi connectivity index (χ1n) is 9.96. The van der Waals surface area contributed by atoms with Gasteiger partial charge in [-0.15, -0.1) is 0 Å². The highest BCUT2D eigenvalue weighted by Crippen LogP contribution is 2.38. The fourth-order valence-corrected chi connectivity index (χ4v) is 7.95. The van der Waals surface area contributed by atoms with E-state index in [4.69, 9.17) is 4.74 Å². The van der Waals surface area contributed by atoms with Gasteiger partial charge in [0.25, 0.3) is 5.91 Å². The summed E-state index contributed by atoms with van der Waals surface area (Å²) in [5.74, 6) is 0.183. The number of fused-ring (bicyclic) bond motifs is 1. The maximum Gasteiger partial charge on any atom is 0.252 e. The average molecular weight is 463 g/mol. The van der Waals surface area contributed by atoms with Crippen LogP contribution in [0.3, 0.4) is 0 Å². The number of aliphatic imine (C=N–C) groups is 1. The quantitative estimate of drug-likeness (QED) is 0.657. The van der Waals surface area contributed by atoms with Crippen LogP contribution in [-0.2, 0) is 27.5 Å². The summed E-state index contributed by atoms with van der Waals surface area (Å²) in [5.41, 5.74) is 1.69. The van der Waals surface area contributed by atoms with Crippen molar-refractivity contribution < 1.29 is 22.3 Å². The minimum Gasteiger partial charge on any atom is -0.496 e. The Morgan fingerprint density at radius 2 is 1.94 bits per heavy atom. The minimum atomic E-state index is -3.10. The molecule has 2 aromatic rings. The number of hydrogen-bond donors (Lipinski definition) is 0. The smallest absolute Gasteiger partial charge is 0.252 e. The van der Waals surface area contributed by atoms with Crippen molar-refractivity contribution in [2.45, 2.75) is 24.1 Å². The third-order valence-corrected chi connectivity index (χ3v) is 8.73. The van der Waals surface area contributed by atoms with Crippen molar-refractivity contribution in [2.24, 2.45) is 4.99 Å². The first-order chi connectivity index (χ1) is 14.8. The third kappa shape index (κ3) is 5.10. The third-order valence-electron chi connectivity index (χ3n) is 5.48. The molecule has 2 heterocycles. The van der Waals surface area contributed by atoms with Gasteiger partial charge in [-0.25, -0.2) is 12.8 Å². The average Bonchev–Trinajstić information content (AvgIpc) is 3.19. The number of thioether (sulfide) groups is 1. The van der Waals surface area contributed by atoms with Crippen molar-refractivity contribution in [3.63, 3.8) is 0 Å². The molecule has 2 aliphatic rings. The largest absolute Gasteiger partial charge is 0.496 e. The number of nitrogens with zero attached hydrogens (tertiary/aromatic N) is 2. The molecule has 0 N–H and O–H groups in total. The van der Waals surface area contributed by atoms with Gasteiger partial charge in [0.2, 0.25) is 0 Å². The monoisotopic (exact) mass is 462 g/mol. The molecule has 6 nitrogen and oxygen atoms in total. The number of carbonyl (C=O) groups excluding carboxylic acids is 1. The van der Waals surface area contributed by atoms with E-state index in [0.717, 1.165) is 11.1 Å². The molecule has 4 rings (SSSR count). The molecule has 0 aliphatic carbocycles. The molecule has 0 aromatic heterocycles. The van der Waals surface area contributed by atoms with Crippen LogP contribution in [0.2, 0.25) is 0 Å². The highest BCUT2D eigenvalue weighted by molar-refractivity contribution is 8.15. The van der Waals surface area contributed by atoms with E-state index in [1.165, 1.54) is 23.9 Å². The number of amides is 1. The molecule has 2 saturated heterocycles. The highest BCUT2D eigenvalue weighted by atomic mass is 32.2. The number of amidine groups is 1. The van der Waals surface area contributed by atoms with E-state index in [0.29, 0.717) is 23.9 Å². The fourth-order valence-electron chi connectivity index (χ4n) is 3.96. The van der Waals surface area contributed by atoms with Gasteiger partial charge in [-0.2, -0.15) is 4.99 Å². The topological polar surface area (TPSA) is 76.0 Å². The molecule has 0 spiro atoms. The molecular weight excluding hydrogens is 439 g/mol. The van der Waals surface area contributed by atoms with Crippen LogP contribution in [0, 0.1) is 5.82 Å². The number of benzene rings is 2. The lowest BCUT2D eigenvalue weighted by Crippen LogP contribution is -2.39. The summed E-state index contributed by atoms with van der Waals surface area (Å²) in [5, 5.41) is 0.433. The Bertz CT molecular complexity index is 1100. The standard InChI is InChI=1S/C22H23FN2O4S2/c1-29-19-5-3-2-4-16(19)12-21(26)24-22-25(11-10-15-6-8-17(23)9-7-15)18-13-31(27,28)14-20(18)30-22/h2-9,18,20H,10-14H2,1H3/t18-,20+/m0/s1. The number of methoxy groups -OCH3 is 1. The van der Waals surface area contributed by atoms with Crippen molar-refractivity contribution in [3.05, 3.63) is 65.5 Å². The van der Waals surface area contributed by atoms with Crippen LogP contribution >= 0.6 is 11.8 Å². The Labute approximate surface area is 185 Å². The number of ether oxygens (including phenoxy) is 1. The van der Waals surface area contributed by atoms with Crippen LogP contribution < -0.4 is 4.74 Å². The summed E-state index contributed by atoms with van der Waals surface area (Å²) in [6, 6.07) is 13.3. The molecular formula is C22H23FN2O4S2. The fraction of sp³-hybridized carbons (Fsp3) is 0.364. The minimum absolute atomic E-state index is 0.0633. The van der Waals surface area contributed by atoms with Gasteiger partial charge in [-0.3, -0.25) is 4.79 Å². The van der Waals surface area contributed by atoms with Gasteiger partial charge in [0, 0.05) is 17.4 Å². The molecule has 1 amide bonds. The van der Waals surface area contributed by atoms with E-state index in [9.17, 15) is 17.6 Å². The zero-order valence-electron chi connectivity index (χ0n) is 17.0. The molecule has 2 aliphatic heterocycles. The number of sulfone groups is 1. The molecule has 2 aromatic carbocycles. The Kier molecular flexibility index (Phi) is 6.34. The number of para-hydroxylation sites is 1. The molecule has 0 saturated carbocycles. The van der Waals surface area contributed by atoms with E-state index in [1.54, 1.807) is 25.3 Å². The highest BCUT2D eigenvalue weighted by Gasteiger charge is 2.48. The first-order valence-corrected chi connectivity index (χ1v) is 12.7. The van der Waals surface area contributed by atoms with Gasteiger partial charge in [0.05, 0.1) is 31.1 Å². The van der Waals surface area contributed by atoms with Crippen LogP contribution in [0.1, 0.15) is 11.1 Å². The van der Waals surface area contributed by atoms with Gasteiger partial charge < -0.3 is 9.64 Å². The predicted molar refractivity (Wildman–Crippen MR) is 120 cm³/mol. The Hall–Kier alpha value is -2.39. The summed E-state index contributed by atoms with van der Waals surface area (Å²) in [4.78, 5) is 19.0. The molecule has 0 bridgehead atoms. The second-order valence-corrected chi connectivity index (χ2v) is 11.0. The van der Waals surface area contributed by atoms with Crippen LogP contribution in [0.25, 0.3) is 0 Å². The second-order valence-electron chi connectivity index (χ2n) is 7.65. The number of hydrogen-bond acceptors (Lipinski definition) is 5. The molecule has 2 fully saturated rings. The maximum atomic E-state index is 13.2. The maximum absolute atomic E-state index is 13.2. The normalized spacial score (nSPS) is 23.2. The zero-order valence-corrected chi connectivity index (χ0v) is 18.7. The lowest BCUT2D eigenvalue weighted by Gasteiger charge is -2.24. The van der Waals surface area contributed by atoms with E-state index in [2.05, 4.69) is 4.99 Å². The summed E-state index contributed by atoms with van der Waals surface area (Å²) >= 11 is 1.36. The Morgan fingerprint density at radius 3 is 2.68 bits per heavy atom. The summed E-state index contributed by atoms with van der Waals surface area (Å²) in [6.45, 7) is 0.510. The molecule has 9 heteroatoms. The Balaban J connectivity index is 1.52. The first kappa shape index (κ1) is 21.8. The van der Waals surface area contributed by atoms with Crippen molar-refractivity contribution in [1.29, 1.82) is 0 Å². The molecule has 31 heavy (non-hydrogen) atoms. The molecule has 0 unspecified atom stereocenters. The summed E-state index contributed by atoms with van der Waals surface area (Å²) in [7, 11) is -1.55. The van der Waals surface area contributed by atoms with E-state index < -0.39 is 9.84 Å². The van der Waals surface area contributed by atoms with E-state index in [-0.39, 0.29) is 40.9 Å². The number of carbonyl (C=O) groups is 1. The zero-order chi connectivity index (χ0) is 22.0. The lowest BCUT2D eigenvalue weighted by atomic mass is 10.1. The van der Waals surface area contributed by atoms with Crippen molar-refractivity contribution in [2.75, 3.05) is 25.2 Å². The van der Waals surface area contributed by atoms with Crippen LogP contribution in [0.15, 0.2) is 53.5 Å². The Morgan fingerprint density at radius 1 is 1.19 bits per heavy atom. The molecule has 2 atom stereocenters. The van der Waals surface area contributed by atoms with Gasteiger partial charge in [-0.05, 0) is 30.2 Å².